The summed E-state index contributed by atoms with van der Waals surface area (Å²) < 4.78 is 0. The lowest BCUT2D eigenvalue weighted by Gasteiger charge is -2.08. The largest absolute Gasteiger partial charge is 0.480 e. The van der Waals surface area contributed by atoms with Crippen molar-refractivity contribution in [2.75, 3.05) is 12.8 Å². The standard InChI is InChI=1S/C9H11N3O4S/c1-4-6(7(15)10-3-5(13)14)8(17-2)12-9(16)11-4/h3H2,1-2H3,(H,10,15)(H,13,14)(H,11,12,16). The second-order valence-electron chi connectivity index (χ2n) is 3.13. The van der Waals surface area contributed by atoms with Gasteiger partial charge in [-0.05, 0) is 13.2 Å². The van der Waals surface area contributed by atoms with Crippen LogP contribution in [0.5, 0.6) is 0 Å². The molecule has 17 heavy (non-hydrogen) atoms. The molecule has 8 heteroatoms. The van der Waals surface area contributed by atoms with Gasteiger partial charge in [0.1, 0.15) is 11.6 Å². The Balaban J connectivity index is 3.08. The molecule has 0 atom stereocenters. The third-order valence-electron chi connectivity index (χ3n) is 1.91. The monoisotopic (exact) mass is 257 g/mol. The molecule has 3 N–H and O–H groups in total. The summed E-state index contributed by atoms with van der Waals surface area (Å²) in [6.07, 6.45) is 1.68. The van der Waals surface area contributed by atoms with Crippen LogP contribution in [-0.2, 0) is 4.79 Å². The summed E-state index contributed by atoms with van der Waals surface area (Å²) in [5, 5.41) is 10.9. The average molecular weight is 257 g/mol. The molecule has 1 aromatic rings. The summed E-state index contributed by atoms with van der Waals surface area (Å²) in [4.78, 5) is 39.2. The van der Waals surface area contributed by atoms with Crippen LogP contribution in [0, 0.1) is 6.92 Å². The first-order valence-electron chi connectivity index (χ1n) is 4.60. The molecular formula is C9H11N3O4S. The molecule has 0 aliphatic carbocycles. The number of aryl methyl sites for hydroxylation is 1. The van der Waals surface area contributed by atoms with Crippen molar-refractivity contribution in [3.05, 3.63) is 21.7 Å². The highest BCUT2D eigenvalue weighted by Gasteiger charge is 2.17. The van der Waals surface area contributed by atoms with Crippen LogP contribution in [0.1, 0.15) is 16.1 Å². The zero-order valence-electron chi connectivity index (χ0n) is 9.23. The number of rotatable bonds is 4. The van der Waals surface area contributed by atoms with E-state index in [0.29, 0.717) is 5.69 Å². The number of hydrogen-bond acceptors (Lipinski definition) is 5. The topological polar surface area (TPSA) is 112 Å². The summed E-state index contributed by atoms with van der Waals surface area (Å²) in [7, 11) is 0. The molecule has 0 radical (unpaired) electrons. The van der Waals surface area contributed by atoms with Gasteiger partial charge in [0.25, 0.3) is 5.91 Å². The van der Waals surface area contributed by atoms with Crippen LogP contribution >= 0.6 is 11.8 Å². The number of nitrogens with zero attached hydrogens (tertiary/aromatic N) is 1. The van der Waals surface area contributed by atoms with Gasteiger partial charge in [0.2, 0.25) is 0 Å². The Morgan fingerprint density at radius 2 is 2.18 bits per heavy atom. The first kappa shape index (κ1) is 13.2. The SMILES string of the molecule is CSc1nc(=O)[nH]c(C)c1C(=O)NCC(=O)O. The van der Waals surface area contributed by atoms with E-state index < -0.39 is 24.1 Å². The molecule has 0 fully saturated rings. The highest BCUT2D eigenvalue weighted by Crippen LogP contribution is 2.17. The van der Waals surface area contributed by atoms with Crippen LogP contribution in [0.15, 0.2) is 9.82 Å². The van der Waals surface area contributed by atoms with Crippen molar-refractivity contribution in [1.29, 1.82) is 0 Å². The number of carboxylic acid groups (broad SMARTS) is 1. The Kier molecular flexibility index (Phi) is 4.27. The number of carbonyl (C=O) groups excluding carboxylic acids is 1. The quantitative estimate of drug-likeness (QED) is 0.500. The third kappa shape index (κ3) is 3.31. The van der Waals surface area contributed by atoms with Crippen LogP contribution in [0.3, 0.4) is 0 Å². The molecule has 0 aliphatic heterocycles. The summed E-state index contributed by atoms with van der Waals surface area (Å²) >= 11 is 1.15. The van der Waals surface area contributed by atoms with Gasteiger partial charge in [-0.1, -0.05) is 0 Å². The van der Waals surface area contributed by atoms with Crippen LogP contribution in [-0.4, -0.2) is 39.8 Å². The van der Waals surface area contributed by atoms with Crippen molar-refractivity contribution < 1.29 is 14.7 Å². The number of amides is 1. The highest BCUT2D eigenvalue weighted by atomic mass is 32.2. The minimum absolute atomic E-state index is 0.193. The second kappa shape index (κ2) is 5.48. The number of H-pyrrole nitrogens is 1. The maximum atomic E-state index is 11.7. The maximum Gasteiger partial charge on any atom is 0.346 e. The highest BCUT2D eigenvalue weighted by molar-refractivity contribution is 7.98. The predicted molar refractivity (Wildman–Crippen MR) is 61.3 cm³/mol. The Bertz CT molecular complexity index is 511. The maximum absolute atomic E-state index is 11.7. The van der Waals surface area contributed by atoms with E-state index in [9.17, 15) is 14.4 Å². The zero-order chi connectivity index (χ0) is 13.0. The van der Waals surface area contributed by atoms with Gasteiger partial charge in [0.05, 0.1) is 5.56 Å². The minimum atomic E-state index is -1.14. The number of aromatic amines is 1. The third-order valence-corrected chi connectivity index (χ3v) is 2.59. The Labute approximate surface area is 101 Å². The molecule has 0 spiro atoms. The molecule has 1 heterocycles. The van der Waals surface area contributed by atoms with E-state index in [1.54, 1.807) is 13.2 Å². The fourth-order valence-electron chi connectivity index (χ4n) is 1.22. The smallest absolute Gasteiger partial charge is 0.346 e. The number of carbonyl (C=O) groups is 2. The average Bonchev–Trinajstić information content (AvgIpc) is 2.24. The lowest BCUT2D eigenvalue weighted by atomic mass is 10.2. The van der Waals surface area contributed by atoms with Gasteiger partial charge in [0, 0.05) is 5.69 Å². The van der Waals surface area contributed by atoms with E-state index in [4.69, 9.17) is 5.11 Å². The number of carboxylic acids is 1. The Morgan fingerprint density at radius 1 is 1.53 bits per heavy atom. The van der Waals surface area contributed by atoms with Gasteiger partial charge in [0.15, 0.2) is 0 Å². The molecule has 0 bridgehead atoms. The molecule has 0 saturated heterocycles. The molecule has 1 rings (SSSR count). The van der Waals surface area contributed by atoms with E-state index in [-0.39, 0.29) is 10.6 Å². The molecule has 1 aromatic heterocycles. The summed E-state index contributed by atoms with van der Waals surface area (Å²) in [6, 6.07) is 0. The van der Waals surface area contributed by atoms with Crippen LogP contribution in [0.2, 0.25) is 0 Å². The number of hydrogen-bond donors (Lipinski definition) is 3. The van der Waals surface area contributed by atoms with Gasteiger partial charge in [-0.3, -0.25) is 9.59 Å². The van der Waals surface area contributed by atoms with Crippen LogP contribution < -0.4 is 11.0 Å². The molecule has 7 nitrogen and oxygen atoms in total. The van der Waals surface area contributed by atoms with Gasteiger partial charge in [-0.15, -0.1) is 11.8 Å². The van der Waals surface area contributed by atoms with Crippen molar-refractivity contribution in [1.82, 2.24) is 15.3 Å². The van der Waals surface area contributed by atoms with E-state index in [1.165, 1.54) is 0 Å². The first-order valence-corrected chi connectivity index (χ1v) is 5.83. The van der Waals surface area contributed by atoms with Crippen molar-refractivity contribution in [2.45, 2.75) is 11.9 Å². The molecule has 0 saturated carbocycles. The van der Waals surface area contributed by atoms with Gasteiger partial charge in [-0.2, -0.15) is 4.98 Å². The molecular weight excluding hydrogens is 246 g/mol. The molecule has 0 aromatic carbocycles. The fraction of sp³-hybridized carbons (Fsp3) is 0.333. The number of aromatic nitrogens is 2. The van der Waals surface area contributed by atoms with E-state index in [0.717, 1.165) is 11.8 Å². The zero-order valence-corrected chi connectivity index (χ0v) is 10.1. The van der Waals surface area contributed by atoms with E-state index in [1.807, 2.05) is 0 Å². The van der Waals surface area contributed by atoms with E-state index >= 15 is 0 Å². The lowest BCUT2D eigenvalue weighted by molar-refractivity contribution is -0.135. The predicted octanol–water partition coefficient (Wildman–Crippen LogP) is -0.385. The second-order valence-corrected chi connectivity index (χ2v) is 3.92. The summed E-state index contributed by atoms with van der Waals surface area (Å²) in [6.45, 7) is 1.07. The minimum Gasteiger partial charge on any atom is -0.480 e. The molecule has 0 aliphatic rings. The number of thioether (sulfide) groups is 1. The number of nitrogens with one attached hydrogen (secondary N) is 2. The van der Waals surface area contributed by atoms with E-state index in [2.05, 4.69) is 15.3 Å². The normalized spacial score (nSPS) is 10.0. The van der Waals surface area contributed by atoms with Crippen LogP contribution in [0.25, 0.3) is 0 Å². The van der Waals surface area contributed by atoms with Crippen molar-refractivity contribution >= 4 is 23.6 Å². The first-order chi connectivity index (χ1) is 7.95. The van der Waals surface area contributed by atoms with Gasteiger partial charge >= 0.3 is 11.7 Å². The van der Waals surface area contributed by atoms with Gasteiger partial charge < -0.3 is 15.4 Å². The fourth-order valence-corrected chi connectivity index (χ4v) is 1.84. The van der Waals surface area contributed by atoms with Crippen molar-refractivity contribution in [3.8, 4) is 0 Å². The summed E-state index contributed by atoms with van der Waals surface area (Å²) in [5.74, 6) is -1.71. The van der Waals surface area contributed by atoms with Crippen LogP contribution in [0.4, 0.5) is 0 Å². The Hall–Kier alpha value is -1.83. The molecule has 0 unspecified atom stereocenters. The Morgan fingerprint density at radius 3 is 2.71 bits per heavy atom. The molecule has 92 valence electrons. The van der Waals surface area contributed by atoms with Crippen molar-refractivity contribution in [3.63, 3.8) is 0 Å². The lowest BCUT2D eigenvalue weighted by Crippen LogP contribution is -2.31. The van der Waals surface area contributed by atoms with Crippen molar-refractivity contribution in [2.24, 2.45) is 0 Å². The van der Waals surface area contributed by atoms with Gasteiger partial charge in [-0.25, -0.2) is 4.79 Å². The summed E-state index contributed by atoms with van der Waals surface area (Å²) in [5.41, 5.74) is 0.0113. The number of aliphatic carboxylic acids is 1. The molecule has 1 amide bonds.